The molecule has 0 aliphatic carbocycles. The van der Waals surface area contributed by atoms with Crippen molar-refractivity contribution >= 4 is 28.6 Å². The number of carbonyl (C=O) groups is 1. The maximum absolute atomic E-state index is 12.8. The molecule has 2 aromatic carbocycles. The maximum atomic E-state index is 12.8. The number of ketones is 1. The first-order chi connectivity index (χ1) is 14.3. The summed E-state index contributed by atoms with van der Waals surface area (Å²) in [6, 6.07) is 11.3. The summed E-state index contributed by atoms with van der Waals surface area (Å²) < 4.78 is 43.4. The summed E-state index contributed by atoms with van der Waals surface area (Å²) >= 11 is 0. The van der Waals surface area contributed by atoms with Crippen molar-refractivity contribution in [3.63, 3.8) is 0 Å². The third-order valence-electron chi connectivity index (χ3n) is 3.76. The molecule has 0 fully saturated rings. The van der Waals surface area contributed by atoms with Crippen LogP contribution >= 0.6 is 0 Å². The number of para-hydroxylation sites is 2. The molecule has 4 N–H and O–H groups in total. The lowest BCUT2D eigenvalue weighted by Crippen LogP contribution is -2.20. The van der Waals surface area contributed by atoms with Gasteiger partial charge in [0.1, 0.15) is 17.1 Å². The fourth-order valence-electron chi connectivity index (χ4n) is 2.33. The first kappa shape index (κ1) is 22.4. The van der Waals surface area contributed by atoms with E-state index < -0.39 is 23.2 Å². The number of aliphatic imine (C=N–C) groups is 1. The summed E-state index contributed by atoms with van der Waals surface area (Å²) in [6.07, 6.45) is 0.128. The van der Waals surface area contributed by atoms with Gasteiger partial charge in [-0.2, -0.15) is 13.2 Å². The summed E-state index contributed by atoms with van der Waals surface area (Å²) in [6.45, 7) is 0. The van der Waals surface area contributed by atoms with E-state index in [2.05, 4.69) is 10.3 Å². The van der Waals surface area contributed by atoms with E-state index >= 15 is 0 Å². The second-order valence-electron chi connectivity index (χ2n) is 5.82. The molecule has 0 heterocycles. The van der Waals surface area contributed by atoms with Gasteiger partial charge in [-0.25, -0.2) is 4.99 Å². The number of hydrogen-bond acceptors (Lipinski definition) is 6. The number of methoxy groups -OCH3 is 1. The van der Waals surface area contributed by atoms with Crippen LogP contribution in [0, 0.1) is 5.41 Å². The second-order valence-corrected chi connectivity index (χ2v) is 5.82. The highest BCUT2D eigenvalue weighted by Crippen LogP contribution is 2.30. The second kappa shape index (κ2) is 10.1. The number of rotatable bonds is 8. The Labute approximate surface area is 171 Å². The molecule has 0 aliphatic heterocycles. The van der Waals surface area contributed by atoms with Crippen molar-refractivity contribution in [2.45, 2.75) is 6.18 Å². The van der Waals surface area contributed by atoms with E-state index in [1.165, 1.54) is 25.3 Å². The van der Waals surface area contributed by atoms with Crippen molar-refractivity contribution < 1.29 is 22.7 Å². The van der Waals surface area contributed by atoms with E-state index in [1.54, 1.807) is 24.3 Å². The van der Waals surface area contributed by atoms with Crippen LogP contribution < -0.4 is 15.8 Å². The van der Waals surface area contributed by atoms with E-state index in [4.69, 9.17) is 15.9 Å². The van der Waals surface area contributed by atoms with Gasteiger partial charge in [0.15, 0.2) is 0 Å². The smallest absolute Gasteiger partial charge is 0.416 e. The molecule has 0 aromatic heterocycles. The number of halogens is 3. The number of carbonyl (C=O) groups excluding carboxylic acids is 1. The van der Waals surface area contributed by atoms with Crippen LogP contribution in [0.15, 0.2) is 78.1 Å². The van der Waals surface area contributed by atoms with Gasteiger partial charge >= 0.3 is 6.18 Å². The lowest BCUT2D eigenvalue weighted by molar-refractivity contribution is -0.137. The van der Waals surface area contributed by atoms with Gasteiger partial charge in [0.05, 0.1) is 18.4 Å². The molecule has 0 bridgehead atoms. The predicted octanol–water partition coefficient (Wildman–Crippen LogP) is 4.47. The summed E-state index contributed by atoms with van der Waals surface area (Å²) in [5.41, 5.74) is 4.66. The molecule has 0 radical (unpaired) electrons. The van der Waals surface area contributed by atoms with Crippen molar-refractivity contribution in [3.05, 3.63) is 78.6 Å². The minimum Gasteiger partial charge on any atom is -0.494 e. The van der Waals surface area contributed by atoms with Crippen LogP contribution in [0.4, 0.5) is 24.5 Å². The number of nitrogens with two attached hydrogens (primary N) is 1. The molecule has 0 saturated heterocycles. The lowest BCUT2D eigenvalue weighted by Gasteiger charge is -2.08. The van der Waals surface area contributed by atoms with Crippen molar-refractivity contribution in [3.8, 4) is 5.75 Å². The zero-order valence-corrected chi connectivity index (χ0v) is 15.9. The molecular weight excluding hydrogens is 397 g/mol. The van der Waals surface area contributed by atoms with Gasteiger partial charge in [-0.1, -0.05) is 18.2 Å². The first-order valence-electron chi connectivity index (χ1n) is 8.60. The Bertz CT molecular complexity index is 1010. The van der Waals surface area contributed by atoms with E-state index in [-0.39, 0.29) is 11.4 Å². The van der Waals surface area contributed by atoms with E-state index in [0.717, 1.165) is 30.6 Å². The number of allylic oxidation sites excluding steroid dienone is 2. The number of nitrogens with one attached hydrogen (secondary N) is 2. The third kappa shape index (κ3) is 6.06. The fourth-order valence-corrected chi connectivity index (χ4v) is 2.33. The van der Waals surface area contributed by atoms with E-state index in [0.29, 0.717) is 11.4 Å². The Morgan fingerprint density at radius 3 is 2.57 bits per heavy atom. The Kier molecular flexibility index (Phi) is 7.51. The molecule has 0 amide bonds. The molecule has 2 rings (SSSR count). The van der Waals surface area contributed by atoms with Gasteiger partial charge in [-0.05, 0) is 42.6 Å². The van der Waals surface area contributed by atoms with Gasteiger partial charge in [0.25, 0.3) is 0 Å². The van der Waals surface area contributed by atoms with Crippen LogP contribution in [0.2, 0.25) is 0 Å². The quantitative estimate of drug-likeness (QED) is 0.436. The standard InChI is InChI=1S/C21H19F3N4O2/c1-30-19-8-3-2-7-16(19)28-17(9-11-25)20(26)18(29)10-12-27-15-6-4-5-14(13-15)21(22,23)24/h2-13,26-27H,25H2,1H3. The minimum atomic E-state index is -4.47. The van der Waals surface area contributed by atoms with Gasteiger partial charge in [-0.3, -0.25) is 10.2 Å². The van der Waals surface area contributed by atoms with Crippen LogP contribution in [0.25, 0.3) is 0 Å². The average molecular weight is 416 g/mol. The highest BCUT2D eigenvalue weighted by atomic mass is 19.4. The van der Waals surface area contributed by atoms with Crippen molar-refractivity contribution in [1.29, 1.82) is 5.41 Å². The highest BCUT2D eigenvalue weighted by molar-refractivity contribution is 6.70. The van der Waals surface area contributed by atoms with Crippen LogP contribution in [0.1, 0.15) is 5.56 Å². The molecule has 6 nitrogen and oxygen atoms in total. The molecule has 0 saturated carbocycles. The van der Waals surface area contributed by atoms with Crippen molar-refractivity contribution in [2.75, 3.05) is 12.4 Å². The Balaban J connectivity index is 2.16. The number of benzene rings is 2. The van der Waals surface area contributed by atoms with Gasteiger partial charge in [0.2, 0.25) is 5.78 Å². The average Bonchev–Trinajstić information content (AvgIpc) is 2.72. The monoisotopic (exact) mass is 416 g/mol. The summed E-state index contributed by atoms with van der Waals surface area (Å²) in [7, 11) is 1.46. The molecule has 0 spiro atoms. The van der Waals surface area contributed by atoms with Crippen molar-refractivity contribution in [1.82, 2.24) is 0 Å². The van der Waals surface area contributed by atoms with Crippen molar-refractivity contribution in [2.24, 2.45) is 10.7 Å². The Hall–Kier alpha value is -3.88. The summed E-state index contributed by atoms with van der Waals surface area (Å²) in [5.74, 6) is -0.274. The maximum Gasteiger partial charge on any atom is 0.416 e. The van der Waals surface area contributed by atoms with Crippen LogP contribution in [-0.4, -0.2) is 24.3 Å². The summed E-state index contributed by atoms with van der Waals surface area (Å²) in [5, 5.41) is 10.7. The molecule has 30 heavy (non-hydrogen) atoms. The Morgan fingerprint density at radius 1 is 1.17 bits per heavy atom. The number of hydrogen-bond donors (Lipinski definition) is 3. The number of alkyl halides is 3. The molecule has 2 aromatic rings. The van der Waals surface area contributed by atoms with Gasteiger partial charge in [0, 0.05) is 18.0 Å². The molecule has 9 heteroatoms. The highest BCUT2D eigenvalue weighted by Gasteiger charge is 2.30. The van der Waals surface area contributed by atoms with E-state index in [9.17, 15) is 18.0 Å². The first-order valence-corrected chi connectivity index (χ1v) is 8.60. The molecule has 0 unspecified atom stereocenters. The topological polar surface area (TPSA) is 101 Å². The minimum absolute atomic E-state index is 0.00396. The number of anilines is 1. The van der Waals surface area contributed by atoms with Crippen LogP contribution in [0.3, 0.4) is 0 Å². The molecule has 0 atom stereocenters. The SMILES string of the molecule is COc1ccccc1N=C(C=CN)C(=N)C(=O)C=CNc1cccc(C(F)(F)F)c1. The third-order valence-corrected chi connectivity index (χ3v) is 3.76. The van der Waals surface area contributed by atoms with Gasteiger partial charge < -0.3 is 15.8 Å². The van der Waals surface area contributed by atoms with E-state index in [1.807, 2.05) is 0 Å². The predicted molar refractivity (Wildman–Crippen MR) is 110 cm³/mol. The van der Waals surface area contributed by atoms with Crippen LogP contribution in [-0.2, 0) is 11.0 Å². The van der Waals surface area contributed by atoms with Crippen LogP contribution in [0.5, 0.6) is 5.75 Å². The largest absolute Gasteiger partial charge is 0.494 e. The normalized spacial score (nSPS) is 12.3. The number of ether oxygens (including phenoxy) is 1. The number of nitrogens with zero attached hydrogens (tertiary/aromatic N) is 1. The molecule has 0 aliphatic rings. The summed E-state index contributed by atoms with van der Waals surface area (Å²) in [4.78, 5) is 16.5. The fraction of sp³-hybridized carbons (Fsp3) is 0.0952. The zero-order valence-electron chi connectivity index (χ0n) is 15.9. The Morgan fingerprint density at radius 2 is 1.90 bits per heavy atom. The lowest BCUT2D eigenvalue weighted by atomic mass is 10.1. The zero-order chi connectivity index (χ0) is 22.1. The van der Waals surface area contributed by atoms with Gasteiger partial charge in [-0.15, -0.1) is 0 Å². The molecule has 156 valence electrons. The molecular formula is C21H19F3N4O2.